The molecule has 0 spiro atoms. The number of ether oxygens (including phenoxy) is 1. The molecule has 0 aromatic heterocycles. The molecule has 1 fully saturated rings. The molecule has 1 rings (SSSR count). The number of hydrogen-bond donors (Lipinski definition) is 3. The van der Waals surface area contributed by atoms with Crippen LogP contribution in [-0.4, -0.2) is 48.8 Å². The Hall–Kier alpha value is -0.200. The Labute approximate surface area is 64.9 Å². The third kappa shape index (κ3) is 4.28. The summed E-state index contributed by atoms with van der Waals surface area (Å²) < 4.78 is 4.89. The summed E-state index contributed by atoms with van der Waals surface area (Å²) in [4.78, 5) is 4.80. The lowest BCUT2D eigenvalue weighted by Gasteiger charge is -2.07. The van der Waals surface area contributed by atoms with Gasteiger partial charge in [-0.3, -0.25) is 4.84 Å². The van der Waals surface area contributed by atoms with Crippen LogP contribution in [0.25, 0.3) is 0 Å². The van der Waals surface area contributed by atoms with Gasteiger partial charge < -0.3 is 14.9 Å². The summed E-state index contributed by atoms with van der Waals surface area (Å²) in [5, 5.41) is 17.2. The van der Waals surface area contributed by atoms with E-state index in [0.717, 1.165) is 6.61 Å². The van der Waals surface area contributed by atoms with E-state index in [9.17, 15) is 0 Å². The van der Waals surface area contributed by atoms with E-state index in [4.69, 9.17) is 19.8 Å². The molecule has 0 aromatic carbocycles. The smallest absolute Gasteiger partial charge is 0.102 e. The Balaban J connectivity index is 1.79. The van der Waals surface area contributed by atoms with Crippen LogP contribution in [0.15, 0.2) is 0 Å². The van der Waals surface area contributed by atoms with Gasteiger partial charge in [0.05, 0.1) is 25.9 Å². The molecule has 66 valence electrons. The fourth-order valence-electron chi connectivity index (χ4n) is 0.546. The largest absolute Gasteiger partial charge is 0.394 e. The topological polar surface area (TPSA) is 74.2 Å². The van der Waals surface area contributed by atoms with Crippen molar-refractivity contribution in [3.05, 3.63) is 0 Å². The summed E-state index contributed by atoms with van der Waals surface area (Å²) in [6.45, 7) is 1.24. The molecule has 0 aromatic rings. The third-order valence-corrected chi connectivity index (χ3v) is 1.30. The molecule has 2 unspecified atom stereocenters. The van der Waals surface area contributed by atoms with Gasteiger partial charge in [0.15, 0.2) is 0 Å². The molecule has 0 saturated carbocycles. The Kier molecular flexibility index (Phi) is 3.74. The molecule has 0 aliphatic carbocycles. The van der Waals surface area contributed by atoms with Crippen molar-refractivity contribution in [2.24, 2.45) is 0 Å². The second-order valence-electron chi connectivity index (χ2n) is 2.45. The predicted molar refractivity (Wildman–Crippen MR) is 36.8 cm³/mol. The minimum absolute atomic E-state index is 0.100. The van der Waals surface area contributed by atoms with Gasteiger partial charge in [-0.15, -0.1) is 0 Å². The number of rotatable bonds is 6. The molecular weight excluding hydrogens is 150 g/mol. The van der Waals surface area contributed by atoms with Gasteiger partial charge in [-0.2, -0.15) is 5.48 Å². The zero-order valence-corrected chi connectivity index (χ0v) is 6.19. The Morgan fingerprint density at radius 3 is 3.00 bits per heavy atom. The zero-order chi connectivity index (χ0) is 8.10. The van der Waals surface area contributed by atoms with Gasteiger partial charge in [-0.05, 0) is 0 Å². The standard InChI is InChI=1S/C6H13NO4/c8-2-5(9)3-11-7-1-6-4-10-6/h5-9H,1-4H2. The molecule has 5 heteroatoms. The number of hydroxylamine groups is 1. The molecule has 5 nitrogen and oxygen atoms in total. The summed E-state index contributed by atoms with van der Waals surface area (Å²) >= 11 is 0. The lowest BCUT2D eigenvalue weighted by Crippen LogP contribution is -2.27. The van der Waals surface area contributed by atoms with Crippen molar-refractivity contribution in [2.45, 2.75) is 12.2 Å². The van der Waals surface area contributed by atoms with E-state index >= 15 is 0 Å². The molecule has 1 aliphatic rings. The lowest BCUT2D eigenvalue weighted by molar-refractivity contribution is -0.0382. The van der Waals surface area contributed by atoms with Crippen LogP contribution in [0.2, 0.25) is 0 Å². The molecule has 11 heavy (non-hydrogen) atoms. The molecule has 1 aliphatic heterocycles. The van der Waals surface area contributed by atoms with E-state index < -0.39 is 6.10 Å². The predicted octanol–water partition coefficient (Wildman–Crippen LogP) is -1.74. The molecule has 0 amide bonds. The Morgan fingerprint density at radius 1 is 1.73 bits per heavy atom. The van der Waals surface area contributed by atoms with Gasteiger partial charge in [-0.25, -0.2) is 0 Å². The maximum absolute atomic E-state index is 8.79. The highest BCUT2D eigenvalue weighted by molar-refractivity contribution is 4.69. The average molecular weight is 163 g/mol. The number of epoxide rings is 1. The Bertz CT molecular complexity index is 107. The molecule has 1 heterocycles. The van der Waals surface area contributed by atoms with Gasteiger partial charge in [0, 0.05) is 6.54 Å². The van der Waals surface area contributed by atoms with Crippen LogP contribution in [-0.2, 0) is 9.57 Å². The van der Waals surface area contributed by atoms with Crippen molar-refractivity contribution in [2.75, 3.05) is 26.4 Å². The highest BCUT2D eigenvalue weighted by Crippen LogP contribution is 2.05. The van der Waals surface area contributed by atoms with Crippen LogP contribution in [0.3, 0.4) is 0 Å². The summed E-state index contributed by atoms with van der Waals surface area (Å²) in [5.74, 6) is 0. The van der Waals surface area contributed by atoms with E-state index in [0.29, 0.717) is 6.54 Å². The molecule has 1 saturated heterocycles. The van der Waals surface area contributed by atoms with Crippen LogP contribution in [0.5, 0.6) is 0 Å². The van der Waals surface area contributed by atoms with Crippen LogP contribution in [0.1, 0.15) is 0 Å². The zero-order valence-electron chi connectivity index (χ0n) is 6.19. The summed E-state index contributed by atoms with van der Waals surface area (Å²) in [7, 11) is 0. The minimum atomic E-state index is -0.803. The van der Waals surface area contributed by atoms with E-state index in [1.165, 1.54) is 0 Å². The quantitative estimate of drug-likeness (QED) is 0.246. The summed E-state index contributed by atoms with van der Waals surface area (Å²) in [6, 6.07) is 0. The van der Waals surface area contributed by atoms with Gasteiger partial charge in [0.2, 0.25) is 0 Å². The van der Waals surface area contributed by atoms with Gasteiger partial charge >= 0.3 is 0 Å². The fourth-order valence-corrected chi connectivity index (χ4v) is 0.546. The first kappa shape index (κ1) is 8.89. The van der Waals surface area contributed by atoms with Crippen LogP contribution in [0.4, 0.5) is 0 Å². The van der Waals surface area contributed by atoms with Crippen molar-refractivity contribution in [1.29, 1.82) is 0 Å². The van der Waals surface area contributed by atoms with Gasteiger partial charge in [0.1, 0.15) is 6.10 Å². The second-order valence-corrected chi connectivity index (χ2v) is 2.45. The van der Waals surface area contributed by atoms with Gasteiger partial charge in [0.25, 0.3) is 0 Å². The third-order valence-electron chi connectivity index (χ3n) is 1.30. The van der Waals surface area contributed by atoms with Crippen LogP contribution < -0.4 is 5.48 Å². The average Bonchev–Trinajstić information content (AvgIpc) is 2.81. The molecule has 3 N–H and O–H groups in total. The van der Waals surface area contributed by atoms with Crippen LogP contribution in [0, 0.1) is 0 Å². The first-order valence-electron chi connectivity index (χ1n) is 3.58. The first-order valence-corrected chi connectivity index (χ1v) is 3.58. The maximum atomic E-state index is 8.79. The second kappa shape index (κ2) is 4.63. The van der Waals surface area contributed by atoms with E-state index in [1.807, 2.05) is 0 Å². The van der Waals surface area contributed by atoms with Crippen molar-refractivity contribution < 1.29 is 19.8 Å². The molecule has 0 radical (unpaired) electrons. The number of hydrogen-bond acceptors (Lipinski definition) is 5. The maximum Gasteiger partial charge on any atom is 0.102 e. The van der Waals surface area contributed by atoms with Crippen LogP contribution >= 0.6 is 0 Å². The highest BCUT2D eigenvalue weighted by Gasteiger charge is 2.21. The summed E-state index contributed by atoms with van der Waals surface area (Å²) in [6.07, 6.45) is -0.538. The van der Waals surface area contributed by atoms with Crippen molar-refractivity contribution >= 4 is 0 Å². The SMILES string of the molecule is OCC(O)CONCC1CO1. The summed E-state index contributed by atoms with van der Waals surface area (Å²) in [5.41, 5.74) is 2.62. The van der Waals surface area contributed by atoms with E-state index in [2.05, 4.69) is 5.48 Å². The van der Waals surface area contributed by atoms with Gasteiger partial charge in [-0.1, -0.05) is 0 Å². The fraction of sp³-hybridized carbons (Fsp3) is 1.00. The van der Waals surface area contributed by atoms with Crippen molar-refractivity contribution in [1.82, 2.24) is 5.48 Å². The molecule has 0 bridgehead atoms. The van der Waals surface area contributed by atoms with E-state index in [1.54, 1.807) is 0 Å². The normalized spacial score (nSPS) is 25.1. The monoisotopic (exact) mass is 163 g/mol. The van der Waals surface area contributed by atoms with Crippen molar-refractivity contribution in [3.8, 4) is 0 Å². The Morgan fingerprint density at radius 2 is 2.45 bits per heavy atom. The number of aliphatic hydroxyl groups excluding tert-OH is 2. The number of aliphatic hydroxyl groups is 2. The minimum Gasteiger partial charge on any atom is -0.394 e. The van der Waals surface area contributed by atoms with E-state index in [-0.39, 0.29) is 19.3 Å². The number of nitrogens with one attached hydrogen (secondary N) is 1. The van der Waals surface area contributed by atoms with Crippen molar-refractivity contribution in [3.63, 3.8) is 0 Å². The molecular formula is C6H13NO4. The molecule has 2 atom stereocenters. The lowest BCUT2D eigenvalue weighted by atomic mass is 10.4. The highest BCUT2D eigenvalue weighted by atomic mass is 16.7. The first-order chi connectivity index (χ1) is 5.33.